The lowest BCUT2D eigenvalue weighted by Gasteiger charge is -2.36. The van der Waals surface area contributed by atoms with Gasteiger partial charge in [0.05, 0.1) is 11.5 Å². The fourth-order valence-electron chi connectivity index (χ4n) is 5.35. The Morgan fingerprint density at radius 3 is 1.69 bits per heavy atom. The first-order valence-electron chi connectivity index (χ1n) is 14.4. The van der Waals surface area contributed by atoms with E-state index in [1.54, 1.807) is 0 Å². The van der Waals surface area contributed by atoms with E-state index in [1.165, 1.54) is 32.8 Å². The Kier molecular flexibility index (Phi) is 9.82. The highest BCUT2D eigenvalue weighted by Crippen LogP contribution is 2.33. The summed E-state index contributed by atoms with van der Waals surface area (Å²) < 4.78 is 2.26. The van der Waals surface area contributed by atoms with E-state index >= 15 is 0 Å². The first-order chi connectivity index (χ1) is 20.7. The van der Waals surface area contributed by atoms with Crippen LogP contribution in [-0.4, -0.2) is 25.8 Å². The number of benzene rings is 5. The van der Waals surface area contributed by atoms with Crippen LogP contribution in [0.4, 0.5) is 0 Å². The van der Waals surface area contributed by atoms with Crippen LogP contribution in [0.3, 0.4) is 0 Å². The molecule has 4 heteroatoms. The summed E-state index contributed by atoms with van der Waals surface area (Å²) in [5.74, 6) is 1.99. The molecular weight excluding hydrogens is 523 g/mol. The Bertz CT molecular complexity index is 1560. The van der Waals surface area contributed by atoms with E-state index in [4.69, 9.17) is 0 Å². The first-order valence-corrected chi connectivity index (χ1v) is 15.4. The van der Waals surface area contributed by atoms with Crippen LogP contribution in [-0.2, 0) is 11.6 Å². The van der Waals surface area contributed by atoms with Crippen molar-refractivity contribution in [3.63, 3.8) is 0 Å². The number of hydrogen-bond donors (Lipinski definition) is 0. The van der Waals surface area contributed by atoms with Crippen LogP contribution in [0.1, 0.15) is 23.6 Å². The maximum absolute atomic E-state index is 4.38. The van der Waals surface area contributed by atoms with Crippen molar-refractivity contribution >= 4 is 32.3 Å². The minimum absolute atomic E-state index is 0.299. The zero-order chi connectivity index (χ0) is 29.0. The molecule has 0 fully saturated rings. The second-order valence-corrected chi connectivity index (χ2v) is 11.7. The van der Waals surface area contributed by atoms with E-state index in [0.29, 0.717) is 16.2 Å². The summed E-state index contributed by atoms with van der Waals surface area (Å²) in [6, 6.07) is 51.4. The van der Waals surface area contributed by atoms with Crippen LogP contribution < -0.4 is 16.1 Å². The molecule has 0 aliphatic rings. The van der Waals surface area contributed by atoms with Crippen molar-refractivity contribution in [1.82, 2.24) is 9.55 Å². The largest absolute Gasteiger partial charge is 0.326 e. The number of nitrogens with zero attached hydrogens (tertiary/aromatic N) is 2. The fraction of sp³-hybridized carbons (Fsp3) is 0.0789. The van der Waals surface area contributed by atoms with Gasteiger partial charge in [0.15, 0.2) is 0 Å². The molecule has 42 heavy (non-hydrogen) atoms. The third-order valence-corrected chi connectivity index (χ3v) is 9.29. The van der Waals surface area contributed by atoms with Gasteiger partial charge in [-0.05, 0) is 23.1 Å². The molecule has 0 aliphatic carbocycles. The molecule has 0 N–H and O–H groups in total. The van der Waals surface area contributed by atoms with E-state index in [1.807, 2.05) is 30.6 Å². The Hall–Kier alpha value is -4.67. The molecule has 204 valence electrons. The molecule has 0 saturated heterocycles. The van der Waals surface area contributed by atoms with Crippen molar-refractivity contribution in [1.29, 1.82) is 0 Å². The molecule has 1 aromatic heterocycles. The molecule has 0 amide bonds. The van der Waals surface area contributed by atoms with E-state index in [9.17, 15) is 0 Å². The van der Waals surface area contributed by atoms with Crippen molar-refractivity contribution in [2.75, 3.05) is 0 Å². The van der Waals surface area contributed by atoms with Gasteiger partial charge >= 0.3 is 0 Å². The zero-order valence-corrected chi connectivity index (χ0v) is 25.1. The zero-order valence-electron chi connectivity index (χ0n) is 24.1. The molecule has 0 atom stereocenters. The molecule has 0 aliphatic heterocycles. The predicted molar refractivity (Wildman–Crippen MR) is 181 cm³/mol. The Morgan fingerprint density at radius 1 is 0.714 bits per heavy atom. The highest BCUT2D eigenvalue weighted by molar-refractivity contribution is 6.89. The molecule has 2 nitrogen and oxygen atoms in total. The van der Waals surface area contributed by atoms with Crippen molar-refractivity contribution in [2.24, 2.45) is 0 Å². The summed E-state index contributed by atoms with van der Waals surface area (Å²) >= 11 is 0. The molecule has 0 bridgehead atoms. The standard InChI is InChI=1S/C24H22N2Si.C14H13B/c1-2-20-10-9-15-23(18-20)27-24(26-17-16-25-19-26,21-11-5-3-6-12-21)22-13-7-4-8-14-22;1-2-15(13-9-5-3-6-10-13)14-11-7-4-8-12-14/h3-19H,2H2,1H3;2-12H,1H2. The SMILES string of the molecule is C=CB(c1ccccc1)c1ccccc1.CCc1cccc([Si]C(c2ccccc2)(c2ccccc2)n2ccnc2)c1. The predicted octanol–water partition coefficient (Wildman–Crippen LogP) is 6.25. The average Bonchev–Trinajstić information content (AvgIpc) is 3.62. The van der Waals surface area contributed by atoms with Gasteiger partial charge in [-0.1, -0.05) is 169 Å². The lowest BCUT2D eigenvalue weighted by Crippen LogP contribution is -2.46. The molecule has 2 radical (unpaired) electrons. The first kappa shape index (κ1) is 28.8. The summed E-state index contributed by atoms with van der Waals surface area (Å²) in [6.07, 6.45) is 6.94. The summed E-state index contributed by atoms with van der Waals surface area (Å²) in [4.78, 5) is 4.38. The van der Waals surface area contributed by atoms with Crippen molar-refractivity contribution in [2.45, 2.75) is 18.5 Å². The highest BCUT2D eigenvalue weighted by atomic mass is 28.2. The Labute approximate surface area is 253 Å². The number of imidazole rings is 1. The molecule has 0 spiro atoms. The molecule has 6 aromatic rings. The van der Waals surface area contributed by atoms with Crippen molar-refractivity contribution in [3.8, 4) is 0 Å². The fourth-order valence-corrected chi connectivity index (χ4v) is 7.09. The summed E-state index contributed by atoms with van der Waals surface area (Å²) in [7, 11) is 0.538. The van der Waals surface area contributed by atoms with E-state index in [-0.39, 0.29) is 5.16 Å². The smallest absolute Gasteiger partial charge is 0.233 e. The molecule has 0 saturated carbocycles. The number of hydrogen-bond acceptors (Lipinski definition) is 1. The lowest BCUT2D eigenvalue weighted by atomic mass is 9.41. The summed E-state index contributed by atoms with van der Waals surface area (Å²) in [5.41, 5.74) is 6.50. The number of rotatable bonds is 9. The van der Waals surface area contributed by atoms with Crippen LogP contribution in [0.5, 0.6) is 0 Å². The van der Waals surface area contributed by atoms with E-state index < -0.39 is 0 Å². The molecule has 5 aromatic carbocycles. The molecule has 0 unspecified atom stereocenters. The third kappa shape index (κ3) is 6.62. The van der Waals surface area contributed by atoms with Crippen molar-refractivity contribution in [3.05, 3.63) is 194 Å². The summed E-state index contributed by atoms with van der Waals surface area (Å²) in [6.45, 7) is 6.42. The lowest BCUT2D eigenvalue weighted by molar-refractivity contribution is 0.596. The second kappa shape index (κ2) is 14.3. The maximum atomic E-state index is 4.38. The van der Waals surface area contributed by atoms with Crippen molar-refractivity contribution < 1.29 is 0 Å². The average molecular weight is 559 g/mol. The summed E-state index contributed by atoms with van der Waals surface area (Å²) in [5, 5.41) is 1.04. The van der Waals surface area contributed by atoms with Gasteiger partial charge in [-0.2, -0.15) is 0 Å². The van der Waals surface area contributed by atoms with Crippen LogP contribution >= 0.6 is 0 Å². The van der Waals surface area contributed by atoms with Gasteiger partial charge in [0.2, 0.25) is 6.71 Å². The quantitative estimate of drug-likeness (QED) is 0.192. The van der Waals surface area contributed by atoms with Gasteiger partial charge in [0.1, 0.15) is 9.52 Å². The van der Waals surface area contributed by atoms with Crippen LogP contribution in [0.15, 0.2) is 177 Å². The molecule has 6 rings (SSSR count). The van der Waals surface area contributed by atoms with Gasteiger partial charge in [0, 0.05) is 12.4 Å². The van der Waals surface area contributed by atoms with Gasteiger partial charge in [-0.15, -0.1) is 12.6 Å². The molecular formula is C38H35BN2Si. The number of aromatic nitrogens is 2. The Balaban J connectivity index is 0.000000199. The number of aryl methyl sites for hydroxylation is 1. The van der Waals surface area contributed by atoms with Gasteiger partial charge in [-0.25, -0.2) is 4.98 Å². The monoisotopic (exact) mass is 558 g/mol. The van der Waals surface area contributed by atoms with Gasteiger partial charge in [-0.3, -0.25) is 0 Å². The van der Waals surface area contributed by atoms with E-state index in [0.717, 1.165) is 6.42 Å². The van der Waals surface area contributed by atoms with Gasteiger partial charge in [0.25, 0.3) is 0 Å². The van der Waals surface area contributed by atoms with E-state index in [2.05, 4.69) is 163 Å². The van der Waals surface area contributed by atoms with Crippen LogP contribution in [0, 0.1) is 0 Å². The van der Waals surface area contributed by atoms with Crippen LogP contribution in [0.25, 0.3) is 0 Å². The van der Waals surface area contributed by atoms with Crippen LogP contribution in [0.2, 0.25) is 0 Å². The minimum Gasteiger partial charge on any atom is -0.326 e. The Morgan fingerprint density at radius 2 is 1.24 bits per heavy atom. The topological polar surface area (TPSA) is 17.8 Å². The molecule has 1 heterocycles. The minimum atomic E-state index is -0.314. The normalized spacial score (nSPS) is 10.8. The highest BCUT2D eigenvalue weighted by Gasteiger charge is 2.37. The third-order valence-electron chi connectivity index (χ3n) is 7.49. The van der Waals surface area contributed by atoms with Gasteiger partial charge < -0.3 is 4.57 Å². The second-order valence-electron chi connectivity index (χ2n) is 10.1. The maximum Gasteiger partial charge on any atom is 0.233 e.